The predicted octanol–water partition coefficient (Wildman–Crippen LogP) is 3.03. The van der Waals surface area contributed by atoms with E-state index >= 15 is 0 Å². The number of ether oxygens (including phenoxy) is 1. The lowest BCUT2D eigenvalue weighted by atomic mass is 10.1. The second-order valence-corrected chi connectivity index (χ2v) is 5.38. The lowest BCUT2D eigenvalue weighted by Gasteiger charge is -2.18. The van der Waals surface area contributed by atoms with Crippen molar-refractivity contribution >= 4 is 17.7 Å². The Morgan fingerprint density at radius 2 is 1.78 bits per heavy atom. The Balaban J connectivity index is 2.01. The van der Waals surface area contributed by atoms with Crippen molar-refractivity contribution in [1.82, 2.24) is 4.90 Å². The number of amides is 1. The van der Waals surface area contributed by atoms with Crippen molar-refractivity contribution in [2.24, 2.45) is 0 Å². The quantitative estimate of drug-likeness (QED) is 0.923. The second kappa shape index (κ2) is 6.67. The van der Waals surface area contributed by atoms with Gasteiger partial charge in [-0.25, -0.2) is 0 Å². The third-order valence-electron chi connectivity index (χ3n) is 3.93. The van der Waals surface area contributed by atoms with Crippen molar-refractivity contribution in [2.45, 2.75) is 6.42 Å². The standard InChI is InChI=1S/C19H19NO3/c1-23-15-9-7-14(8-10-15)13-18-16-5-2-3-6-17(16)19(22)20(18)11-4-12-21/h2-3,5-10,13,21H,4,11-12H2,1H3. The number of methoxy groups -OCH3 is 1. The fourth-order valence-corrected chi connectivity index (χ4v) is 2.76. The maximum atomic E-state index is 12.6. The molecule has 118 valence electrons. The van der Waals surface area contributed by atoms with Crippen LogP contribution in [0.1, 0.15) is 27.9 Å². The minimum atomic E-state index is -0.00573. The van der Waals surface area contributed by atoms with Crippen LogP contribution in [0.5, 0.6) is 5.75 Å². The first-order valence-electron chi connectivity index (χ1n) is 7.62. The highest BCUT2D eigenvalue weighted by Gasteiger charge is 2.31. The number of carbonyl (C=O) groups excluding carboxylic acids is 1. The van der Waals surface area contributed by atoms with E-state index < -0.39 is 0 Å². The molecule has 0 saturated heterocycles. The third-order valence-corrected chi connectivity index (χ3v) is 3.93. The van der Waals surface area contributed by atoms with Crippen LogP contribution in [0.3, 0.4) is 0 Å². The molecule has 0 saturated carbocycles. The van der Waals surface area contributed by atoms with Crippen LogP contribution in [0.15, 0.2) is 48.5 Å². The summed E-state index contributed by atoms with van der Waals surface area (Å²) in [4.78, 5) is 14.3. The van der Waals surface area contributed by atoms with Crippen LogP contribution < -0.4 is 4.74 Å². The van der Waals surface area contributed by atoms with Crippen molar-refractivity contribution in [3.63, 3.8) is 0 Å². The molecule has 0 fully saturated rings. The molecule has 3 rings (SSSR count). The number of aliphatic hydroxyl groups excluding tert-OH is 1. The molecule has 0 spiro atoms. The summed E-state index contributed by atoms with van der Waals surface area (Å²) >= 11 is 0. The van der Waals surface area contributed by atoms with Crippen LogP contribution in [-0.2, 0) is 0 Å². The van der Waals surface area contributed by atoms with E-state index in [1.165, 1.54) is 0 Å². The summed E-state index contributed by atoms with van der Waals surface area (Å²) in [6.45, 7) is 0.571. The Morgan fingerprint density at radius 3 is 2.43 bits per heavy atom. The number of benzene rings is 2. The average molecular weight is 309 g/mol. The van der Waals surface area contributed by atoms with Crippen molar-refractivity contribution in [3.05, 3.63) is 65.2 Å². The molecule has 1 N–H and O–H groups in total. The summed E-state index contributed by atoms with van der Waals surface area (Å²) in [6, 6.07) is 15.3. The molecule has 4 nitrogen and oxygen atoms in total. The zero-order valence-corrected chi connectivity index (χ0v) is 13.0. The summed E-state index contributed by atoms with van der Waals surface area (Å²) in [7, 11) is 1.63. The largest absolute Gasteiger partial charge is 0.497 e. The van der Waals surface area contributed by atoms with E-state index in [2.05, 4.69) is 0 Å². The van der Waals surface area contributed by atoms with Gasteiger partial charge in [0.2, 0.25) is 0 Å². The van der Waals surface area contributed by atoms with Crippen LogP contribution in [-0.4, -0.2) is 36.2 Å². The Morgan fingerprint density at radius 1 is 1.09 bits per heavy atom. The van der Waals surface area contributed by atoms with E-state index in [9.17, 15) is 4.79 Å². The SMILES string of the molecule is COc1ccc(C=C2c3ccccc3C(=O)N2CCCO)cc1. The maximum Gasteiger partial charge on any atom is 0.258 e. The summed E-state index contributed by atoms with van der Waals surface area (Å²) in [6.07, 6.45) is 2.56. The Kier molecular flexibility index (Phi) is 4.44. The number of rotatable bonds is 5. The van der Waals surface area contributed by atoms with Crippen molar-refractivity contribution in [2.75, 3.05) is 20.3 Å². The highest BCUT2D eigenvalue weighted by Crippen LogP contribution is 2.34. The molecule has 0 unspecified atom stereocenters. The van der Waals surface area contributed by atoms with E-state index in [0.717, 1.165) is 22.6 Å². The smallest absolute Gasteiger partial charge is 0.258 e. The number of carbonyl (C=O) groups is 1. The van der Waals surface area contributed by atoms with Crippen molar-refractivity contribution in [1.29, 1.82) is 0 Å². The van der Waals surface area contributed by atoms with E-state index in [0.29, 0.717) is 18.5 Å². The lowest BCUT2D eigenvalue weighted by Crippen LogP contribution is -2.24. The van der Waals surface area contributed by atoms with Gasteiger partial charge in [-0.2, -0.15) is 0 Å². The molecule has 0 radical (unpaired) electrons. The summed E-state index contributed by atoms with van der Waals surface area (Å²) in [5.74, 6) is 0.793. The molecule has 0 atom stereocenters. The fourth-order valence-electron chi connectivity index (χ4n) is 2.76. The average Bonchev–Trinajstić information content (AvgIpc) is 2.86. The molecular formula is C19H19NO3. The second-order valence-electron chi connectivity index (χ2n) is 5.38. The lowest BCUT2D eigenvalue weighted by molar-refractivity contribution is 0.0844. The van der Waals surface area contributed by atoms with Crippen LogP contribution in [0.4, 0.5) is 0 Å². The van der Waals surface area contributed by atoms with Gasteiger partial charge >= 0.3 is 0 Å². The Bertz CT molecular complexity index is 735. The van der Waals surface area contributed by atoms with Gasteiger partial charge in [0.1, 0.15) is 5.75 Å². The fraction of sp³-hybridized carbons (Fsp3) is 0.211. The van der Waals surface area contributed by atoms with Gasteiger partial charge in [0.05, 0.1) is 12.8 Å². The molecule has 2 aromatic rings. The predicted molar refractivity (Wildman–Crippen MR) is 90.0 cm³/mol. The highest BCUT2D eigenvalue weighted by atomic mass is 16.5. The van der Waals surface area contributed by atoms with Crippen molar-refractivity contribution in [3.8, 4) is 5.75 Å². The van der Waals surface area contributed by atoms with Gasteiger partial charge in [-0.1, -0.05) is 30.3 Å². The molecule has 0 aliphatic carbocycles. The van der Waals surface area contributed by atoms with Crippen LogP contribution in [0.2, 0.25) is 0 Å². The Labute approximate surface area is 135 Å². The van der Waals surface area contributed by atoms with Gasteiger partial charge in [0, 0.05) is 24.3 Å². The van der Waals surface area contributed by atoms with E-state index in [-0.39, 0.29) is 12.5 Å². The maximum absolute atomic E-state index is 12.6. The van der Waals surface area contributed by atoms with Gasteiger partial charge in [0.15, 0.2) is 0 Å². The Hall–Kier alpha value is -2.59. The van der Waals surface area contributed by atoms with E-state index in [1.54, 1.807) is 12.0 Å². The molecular weight excluding hydrogens is 290 g/mol. The summed E-state index contributed by atoms with van der Waals surface area (Å²) in [5, 5.41) is 9.09. The van der Waals surface area contributed by atoms with Gasteiger partial charge in [-0.05, 0) is 36.3 Å². The molecule has 1 amide bonds. The molecule has 1 aliphatic heterocycles. The molecule has 1 aliphatic rings. The molecule has 1 heterocycles. The zero-order valence-electron chi connectivity index (χ0n) is 13.0. The van der Waals surface area contributed by atoms with Crippen LogP contribution in [0, 0.1) is 0 Å². The summed E-state index contributed by atoms with van der Waals surface area (Å²) in [5.41, 5.74) is 3.53. The number of hydrogen-bond donors (Lipinski definition) is 1. The third kappa shape index (κ3) is 2.98. The molecule has 23 heavy (non-hydrogen) atoms. The van der Waals surface area contributed by atoms with Crippen LogP contribution >= 0.6 is 0 Å². The normalized spacial score (nSPS) is 15.1. The van der Waals surface area contributed by atoms with Gasteiger partial charge in [0.25, 0.3) is 5.91 Å². The monoisotopic (exact) mass is 309 g/mol. The molecule has 0 aromatic heterocycles. The topological polar surface area (TPSA) is 49.8 Å². The van der Waals surface area contributed by atoms with Gasteiger partial charge in [-0.15, -0.1) is 0 Å². The first-order valence-corrected chi connectivity index (χ1v) is 7.62. The van der Waals surface area contributed by atoms with E-state index in [4.69, 9.17) is 9.84 Å². The molecule has 2 aromatic carbocycles. The van der Waals surface area contributed by atoms with Crippen molar-refractivity contribution < 1.29 is 14.6 Å². The minimum absolute atomic E-state index is 0.00573. The van der Waals surface area contributed by atoms with Gasteiger partial charge < -0.3 is 14.7 Å². The first-order chi connectivity index (χ1) is 11.2. The number of fused-ring (bicyclic) bond motifs is 1. The number of aliphatic hydroxyl groups is 1. The van der Waals surface area contributed by atoms with Crippen LogP contribution in [0.25, 0.3) is 11.8 Å². The number of hydrogen-bond acceptors (Lipinski definition) is 3. The zero-order chi connectivity index (χ0) is 16.2. The van der Waals surface area contributed by atoms with E-state index in [1.807, 2.05) is 54.6 Å². The highest BCUT2D eigenvalue weighted by molar-refractivity contribution is 6.11. The first kappa shape index (κ1) is 15.3. The number of nitrogens with zero attached hydrogens (tertiary/aromatic N) is 1. The van der Waals surface area contributed by atoms with Gasteiger partial charge in [-0.3, -0.25) is 4.79 Å². The molecule has 0 bridgehead atoms. The summed E-state index contributed by atoms with van der Waals surface area (Å²) < 4.78 is 5.17. The molecule has 4 heteroatoms. The minimum Gasteiger partial charge on any atom is -0.497 e.